The zero-order valence-corrected chi connectivity index (χ0v) is 10.5. The van der Waals surface area contributed by atoms with Crippen LogP contribution in [0.2, 0.25) is 0 Å². The molecule has 2 rings (SSSR count). The molecule has 0 amide bonds. The van der Waals surface area contributed by atoms with Gasteiger partial charge in [-0.15, -0.1) is 0 Å². The lowest BCUT2D eigenvalue weighted by Gasteiger charge is -2.20. The second-order valence-corrected chi connectivity index (χ2v) is 5.00. The standard InChI is InChI=1S/C15H18O2/c1-10-3-4-11(2)14(9-10)15(17)12-5-7-13(16)8-6-12/h3-4,9,12H,5-8H2,1-2H3. The molecule has 90 valence electrons. The minimum Gasteiger partial charge on any atom is -0.300 e. The largest absolute Gasteiger partial charge is 0.300 e. The fourth-order valence-electron chi connectivity index (χ4n) is 2.42. The lowest BCUT2D eigenvalue weighted by molar-refractivity contribution is -0.120. The van der Waals surface area contributed by atoms with Crippen LogP contribution in [0.1, 0.15) is 47.2 Å². The molecule has 0 bridgehead atoms. The highest BCUT2D eigenvalue weighted by Gasteiger charge is 2.26. The molecule has 1 aliphatic carbocycles. The number of rotatable bonds is 2. The van der Waals surface area contributed by atoms with E-state index < -0.39 is 0 Å². The molecule has 0 saturated heterocycles. The highest BCUT2D eigenvalue weighted by atomic mass is 16.1. The van der Waals surface area contributed by atoms with Gasteiger partial charge in [0.15, 0.2) is 5.78 Å². The first-order chi connectivity index (χ1) is 8.08. The summed E-state index contributed by atoms with van der Waals surface area (Å²) in [7, 11) is 0. The molecule has 0 aromatic heterocycles. The molecule has 0 spiro atoms. The van der Waals surface area contributed by atoms with Gasteiger partial charge in [-0.05, 0) is 38.3 Å². The summed E-state index contributed by atoms with van der Waals surface area (Å²) in [6.45, 7) is 3.97. The summed E-state index contributed by atoms with van der Waals surface area (Å²) in [5, 5.41) is 0. The van der Waals surface area contributed by atoms with Crippen molar-refractivity contribution < 1.29 is 9.59 Å². The van der Waals surface area contributed by atoms with Gasteiger partial charge in [-0.2, -0.15) is 0 Å². The van der Waals surface area contributed by atoms with Crippen LogP contribution in [0.4, 0.5) is 0 Å². The second kappa shape index (κ2) is 4.82. The van der Waals surface area contributed by atoms with Crippen LogP contribution in [0.3, 0.4) is 0 Å². The maximum atomic E-state index is 12.4. The monoisotopic (exact) mass is 230 g/mol. The SMILES string of the molecule is Cc1ccc(C)c(C(=O)C2CCC(=O)CC2)c1. The van der Waals surface area contributed by atoms with Gasteiger partial charge in [0.2, 0.25) is 0 Å². The van der Waals surface area contributed by atoms with Crippen LogP contribution < -0.4 is 0 Å². The molecule has 2 heteroatoms. The van der Waals surface area contributed by atoms with Crippen molar-refractivity contribution in [1.29, 1.82) is 0 Å². The average Bonchev–Trinajstić information content (AvgIpc) is 2.32. The maximum absolute atomic E-state index is 12.4. The van der Waals surface area contributed by atoms with Gasteiger partial charge in [0.25, 0.3) is 0 Å². The molecule has 0 unspecified atom stereocenters. The third kappa shape index (κ3) is 2.63. The molecule has 1 aromatic carbocycles. The predicted octanol–water partition coefficient (Wildman–Crippen LogP) is 3.25. The van der Waals surface area contributed by atoms with Gasteiger partial charge in [0.1, 0.15) is 5.78 Å². The highest BCUT2D eigenvalue weighted by Crippen LogP contribution is 2.26. The molecule has 0 heterocycles. The Labute approximate surface area is 102 Å². The van der Waals surface area contributed by atoms with Crippen molar-refractivity contribution >= 4 is 11.6 Å². The van der Waals surface area contributed by atoms with Gasteiger partial charge >= 0.3 is 0 Å². The van der Waals surface area contributed by atoms with E-state index in [1.165, 1.54) is 0 Å². The van der Waals surface area contributed by atoms with E-state index in [1.807, 2.05) is 32.0 Å². The van der Waals surface area contributed by atoms with Gasteiger partial charge in [-0.1, -0.05) is 17.7 Å². The Morgan fingerprint density at radius 1 is 1.18 bits per heavy atom. The summed E-state index contributed by atoms with van der Waals surface area (Å²) < 4.78 is 0. The van der Waals surface area contributed by atoms with Gasteiger partial charge in [-0.3, -0.25) is 9.59 Å². The number of hydrogen-bond donors (Lipinski definition) is 0. The number of carbonyl (C=O) groups excluding carboxylic acids is 2. The Morgan fingerprint density at radius 3 is 2.47 bits per heavy atom. The Bertz CT molecular complexity index is 450. The van der Waals surface area contributed by atoms with Gasteiger partial charge < -0.3 is 0 Å². The molecule has 17 heavy (non-hydrogen) atoms. The number of aryl methyl sites for hydroxylation is 2. The quantitative estimate of drug-likeness (QED) is 0.731. The zero-order valence-electron chi connectivity index (χ0n) is 10.5. The van der Waals surface area contributed by atoms with E-state index in [0.29, 0.717) is 18.6 Å². The first kappa shape index (κ1) is 12.0. The molecule has 1 aliphatic rings. The van der Waals surface area contributed by atoms with Crippen LogP contribution in [0.15, 0.2) is 18.2 Å². The van der Waals surface area contributed by atoms with Gasteiger partial charge in [0, 0.05) is 24.3 Å². The van der Waals surface area contributed by atoms with E-state index >= 15 is 0 Å². The topological polar surface area (TPSA) is 34.1 Å². The summed E-state index contributed by atoms with van der Waals surface area (Å²) >= 11 is 0. The number of ketones is 2. The Morgan fingerprint density at radius 2 is 1.82 bits per heavy atom. The summed E-state index contributed by atoms with van der Waals surface area (Å²) in [6.07, 6.45) is 2.60. The first-order valence-electron chi connectivity index (χ1n) is 6.21. The van der Waals surface area contributed by atoms with Gasteiger partial charge in [-0.25, -0.2) is 0 Å². The summed E-state index contributed by atoms with van der Waals surface area (Å²) in [5.74, 6) is 0.571. The number of benzene rings is 1. The lowest BCUT2D eigenvalue weighted by atomic mass is 9.82. The molecule has 2 nitrogen and oxygen atoms in total. The van der Waals surface area contributed by atoms with E-state index in [0.717, 1.165) is 29.5 Å². The minimum absolute atomic E-state index is 0.0493. The molecule has 0 atom stereocenters. The Hall–Kier alpha value is -1.44. The van der Waals surface area contributed by atoms with Crippen molar-refractivity contribution in [2.75, 3.05) is 0 Å². The third-order valence-corrected chi connectivity index (χ3v) is 3.57. The molecule has 1 aromatic rings. The van der Waals surface area contributed by atoms with Crippen molar-refractivity contribution in [2.24, 2.45) is 5.92 Å². The zero-order chi connectivity index (χ0) is 12.4. The van der Waals surface area contributed by atoms with Crippen LogP contribution in [-0.2, 0) is 4.79 Å². The molecule has 0 aliphatic heterocycles. The highest BCUT2D eigenvalue weighted by molar-refractivity contribution is 6.00. The fourth-order valence-corrected chi connectivity index (χ4v) is 2.42. The molecule has 1 fully saturated rings. The summed E-state index contributed by atoms with van der Waals surface area (Å²) in [6, 6.07) is 5.99. The van der Waals surface area contributed by atoms with Crippen molar-refractivity contribution in [3.05, 3.63) is 34.9 Å². The van der Waals surface area contributed by atoms with E-state index in [9.17, 15) is 9.59 Å². The van der Waals surface area contributed by atoms with Crippen molar-refractivity contribution in [1.82, 2.24) is 0 Å². The van der Waals surface area contributed by atoms with E-state index in [2.05, 4.69) is 0 Å². The van der Waals surface area contributed by atoms with E-state index in [1.54, 1.807) is 0 Å². The smallest absolute Gasteiger partial charge is 0.166 e. The van der Waals surface area contributed by atoms with Crippen LogP contribution in [0.25, 0.3) is 0 Å². The van der Waals surface area contributed by atoms with E-state index in [-0.39, 0.29) is 11.7 Å². The molecule has 0 radical (unpaired) electrons. The number of carbonyl (C=O) groups is 2. The molecular formula is C15H18O2. The van der Waals surface area contributed by atoms with Crippen molar-refractivity contribution in [2.45, 2.75) is 39.5 Å². The minimum atomic E-state index is 0.0493. The van der Waals surface area contributed by atoms with Gasteiger partial charge in [0.05, 0.1) is 0 Å². The molecule has 1 saturated carbocycles. The summed E-state index contributed by atoms with van der Waals surface area (Å²) in [4.78, 5) is 23.5. The van der Waals surface area contributed by atoms with Crippen LogP contribution in [0.5, 0.6) is 0 Å². The second-order valence-electron chi connectivity index (χ2n) is 5.00. The van der Waals surface area contributed by atoms with Crippen LogP contribution >= 0.6 is 0 Å². The van der Waals surface area contributed by atoms with E-state index in [4.69, 9.17) is 0 Å². The Balaban J connectivity index is 2.19. The van der Waals surface area contributed by atoms with Crippen LogP contribution in [-0.4, -0.2) is 11.6 Å². The number of hydrogen-bond acceptors (Lipinski definition) is 2. The maximum Gasteiger partial charge on any atom is 0.166 e. The van der Waals surface area contributed by atoms with Crippen molar-refractivity contribution in [3.8, 4) is 0 Å². The first-order valence-corrected chi connectivity index (χ1v) is 6.21. The molecular weight excluding hydrogens is 212 g/mol. The fraction of sp³-hybridized carbons (Fsp3) is 0.467. The lowest BCUT2D eigenvalue weighted by Crippen LogP contribution is -2.22. The van der Waals surface area contributed by atoms with Crippen molar-refractivity contribution in [3.63, 3.8) is 0 Å². The average molecular weight is 230 g/mol. The number of Topliss-reactive ketones (excluding diaryl/α,β-unsaturated/α-hetero) is 2. The third-order valence-electron chi connectivity index (χ3n) is 3.57. The Kier molecular flexibility index (Phi) is 3.41. The normalized spacial score (nSPS) is 17.2. The van der Waals surface area contributed by atoms with Crippen LogP contribution in [0, 0.1) is 19.8 Å². The predicted molar refractivity (Wildman–Crippen MR) is 67.2 cm³/mol. The summed E-state index contributed by atoms with van der Waals surface area (Å²) in [5.41, 5.74) is 2.99. The molecule has 0 N–H and O–H groups in total.